The largest absolute Gasteiger partial charge is 0.508 e. The number of phenols is 3. The van der Waals surface area contributed by atoms with Crippen molar-refractivity contribution < 1.29 is 15.3 Å². The first kappa shape index (κ1) is 32.9. The fourth-order valence-electron chi connectivity index (χ4n) is 13.6. The molecule has 3 nitrogen and oxygen atoms in total. The van der Waals surface area contributed by atoms with Crippen LogP contribution in [-0.4, -0.2) is 15.3 Å². The fraction of sp³-hybridized carbons (Fsp3) is 0.617. The SMILES string of the molecule is CC1C2(c3ccc(O)c(C4CCCCC4)c3)CC3CC(c4ccc(O)c(C5CCCCC5)c4)(C2)CC1(c1ccc(O)c(C2CCCCC2)c1)C3. The van der Waals surface area contributed by atoms with Gasteiger partial charge in [0.05, 0.1) is 0 Å². The van der Waals surface area contributed by atoms with Crippen molar-refractivity contribution in [3.05, 3.63) is 88.0 Å². The molecule has 7 saturated carbocycles. The van der Waals surface area contributed by atoms with Crippen molar-refractivity contribution in [3.8, 4) is 17.2 Å². The van der Waals surface area contributed by atoms with Crippen molar-refractivity contribution >= 4 is 0 Å². The highest BCUT2D eigenvalue weighted by atomic mass is 16.3. The van der Waals surface area contributed by atoms with Gasteiger partial charge in [-0.3, -0.25) is 0 Å². The van der Waals surface area contributed by atoms with Crippen LogP contribution in [0.5, 0.6) is 17.2 Å². The monoisotopic (exact) mass is 672 g/mol. The van der Waals surface area contributed by atoms with E-state index < -0.39 is 0 Å². The van der Waals surface area contributed by atoms with Crippen LogP contribution in [0.4, 0.5) is 0 Å². The maximum absolute atomic E-state index is 11.3. The van der Waals surface area contributed by atoms with Gasteiger partial charge in [-0.25, -0.2) is 0 Å². The number of rotatable bonds is 6. The zero-order valence-electron chi connectivity index (χ0n) is 30.6. The van der Waals surface area contributed by atoms with Crippen molar-refractivity contribution in [2.45, 2.75) is 169 Å². The molecule has 3 aromatic carbocycles. The van der Waals surface area contributed by atoms with Gasteiger partial charge >= 0.3 is 0 Å². The molecule has 0 amide bonds. The molecule has 0 heterocycles. The van der Waals surface area contributed by atoms with Gasteiger partial charge in [-0.15, -0.1) is 0 Å². The first-order valence-electron chi connectivity index (χ1n) is 20.8. The van der Waals surface area contributed by atoms with Crippen LogP contribution in [0.1, 0.15) is 186 Å². The van der Waals surface area contributed by atoms with E-state index in [1.165, 1.54) is 149 Å². The summed E-state index contributed by atoms with van der Waals surface area (Å²) in [6.45, 7) is 2.58. The number of hydrogen-bond donors (Lipinski definition) is 3. The molecule has 266 valence electrons. The molecule has 10 rings (SSSR count). The first-order valence-corrected chi connectivity index (χ1v) is 20.8. The van der Waals surface area contributed by atoms with E-state index in [9.17, 15) is 15.3 Å². The lowest BCUT2D eigenvalue weighted by Crippen LogP contribution is -2.66. The molecule has 2 unspecified atom stereocenters. The van der Waals surface area contributed by atoms with Gasteiger partial charge in [0, 0.05) is 0 Å². The van der Waals surface area contributed by atoms with Crippen LogP contribution in [0.2, 0.25) is 0 Å². The predicted molar refractivity (Wildman–Crippen MR) is 203 cm³/mol. The second kappa shape index (κ2) is 12.6. The number of benzene rings is 3. The Kier molecular flexibility index (Phi) is 8.32. The Morgan fingerprint density at radius 1 is 0.460 bits per heavy atom. The minimum absolute atomic E-state index is 0.00229. The molecular weight excluding hydrogens is 613 g/mol. The van der Waals surface area contributed by atoms with Crippen LogP contribution < -0.4 is 0 Å². The Bertz CT molecular complexity index is 1630. The van der Waals surface area contributed by atoms with Gasteiger partial charge in [0.25, 0.3) is 0 Å². The van der Waals surface area contributed by atoms with E-state index in [0.29, 0.717) is 46.8 Å². The Morgan fingerprint density at radius 2 is 0.820 bits per heavy atom. The molecule has 7 fully saturated rings. The van der Waals surface area contributed by atoms with Crippen LogP contribution in [0.25, 0.3) is 0 Å². The first-order chi connectivity index (χ1) is 24.3. The summed E-state index contributed by atoms with van der Waals surface area (Å²) in [5, 5.41) is 33.9. The lowest BCUT2D eigenvalue weighted by molar-refractivity contribution is -0.0947. The van der Waals surface area contributed by atoms with Crippen molar-refractivity contribution in [1.29, 1.82) is 0 Å². The zero-order chi connectivity index (χ0) is 34.1. The molecule has 7 aliphatic rings. The summed E-state index contributed by atoms with van der Waals surface area (Å²) in [5.41, 5.74) is 7.99. The highest BCUT2D eigenvalue weighted by molar-refractivity contribution is 5.52. The Hall–Kier alpha value is -2.94. The number of aromatic hydroxyl groups is 3. The molecule has 2 atom stereocenters. The van der Waals surface area contributed by atoms with Gasteiger partial charge in [-0.1, -0.05) is 101 Å². The highest BCUT2D eigenvalue weighted by Crippen LogP contribution is 2.73. The number of phenolic OH excluding ortho intramolecular Hbond substituents is 3. The molecule has 3 heteroatoms. The third-order valence-corrected chi connectivity index (χ3v) is 15.9. The quantitative estimate of drug-likeness (QED) is 0.244. The third kappa shape index (κ3) is 5.25. The molecule has 3 N–H and O–H groups in total. The van der Waals surface area contributed by atoms with Gasteiger partial charge in [0.15, 0.2) is 0 Å². The molecule has 0 radical (unpaired) electrons. The lowest BCUT2D eigenvalue weighted by atomic mass is 9.33. The highest BCUT2D eigenvalue weighted by Gasteiger charge is 2.68. The number of hydrogen-bond acceptors (Lipinski definition) is 3. The molecule has 7 aliphatic carbocycles. The van der Waals surface area contributed by atoms with Crippen molar-refractivity contribution in [1.82, 2.24) is 0 Å². The van der Waals surface area contributed by atoms with Crippen LogP contribution in [0.15, 0.2) is 54.6 Å². The Balaban J connectivity index is 1.20. The minimum atomic E-state index is 0.00229. The van der Waals surface area contributed by atoms with Gasteiger partial charge < -0.3 is 15.3 Å². The normalized spacial score (nSPS) is 33.5. The van der Waals surface area contributed by atoms with E-state index in [1.807, 2.05) is 18.2 Å². The van der Waals surface area contributed by atoms with E-state index in [-0.39, 0.29) is 16.2 Å². The summed E-state index contributed by atoms with van der Waals surface area (Å²) >= 11 is 0. The molecular formula is C47H60O3. The van der Waals surface area contributed by atoms with Crippen molar-refractivity contribution in [2.24, 2.45) is 11.8 Å². The van der Waals surface area contributed by atoms with E-state index >= 15 is 0 Å². The smallest absolute Gasteiger partial charge is 0.119 e. The molecule has 0 saturated heterocycles. The molecule has 0 aliphatic heterocycles. The van der Waals surface area contributed by atoms with Crippen molar-refractivity contribution in [3.63, 3.8) is 0 Å². The van der Waals surface area contributed by atoms with Gasteiger partial charge in [-0.2, -0.15) is 0 Å². The average molecular weight is 673 g/mol. The second-order valence-corrected chi connectivity index (χ2v) is 18.5. The summed E-state index contributed by atoms with van der Waals surface area (Å²) in [6.07, 6.45) is 24.6. The third-order valence-electron chi connectivity index (χ3n) is 15.9. The van der Waals surface area contributed by atoms with E-state index in [2.05, 4.69) is 43.3 Å². The van der Waals surface area contributed by atoms with Gasteiger partial charge in [0.1, 0.15) is 17.2 Å². The molecule has 3 aromatic rings. The summed E-state index contributed by atoms with van der Waals surface area (Å²) in [5.74, 6) is 3.91. The van der Waals surface area contributed by atoms with Gasteiger partial charge in [0.2, 0.25) is 0 Å². The predicted octanol–water partition coefficient (Wildman–Crippen LogP) is 12.3. The van der Waals surface area contributed by atoms with Crippen LogP contribution >= 0.6 is 0 Å². The lowest BCUT2D eigenvalue weighted by Gasteiger charge is -2.71. The topological polar surface area (TPSA) is 60.7 Å². The van der Waals surface area contributed by atoms with E-state index in [0.717, 1.165) is 12.8 Å². The van der Waals surface area contributed by atoms with Crippen molar-refractivity contribution in [2.75, 3.05) is 0 Å². The molecule has 0 aromatic heterocycles. The summed E-state index contributed by atoms with van der Waals surface area (Å²) in [7, 11) is 0. The van der Waals surface area contributed by atoms with E-state index in [1.54, 1.807) is 0 Å². The molecule has 0 spiro atoms. The average Bonchev–Trinajstić information content (AvgIpc) is 3.15. The maximum atomic E-state index is 11.3. The molecule has 50 heavy (non-hydrogen) atoms. The maximum Gasteiger partial charge on any atom is 0.119 e. The van der Waals surface area contributed by atoms with Crippen LogP contribution in [-0.2, 0) is 16.2 Å². The summed E-state index contributed by atoms with van der Waals surface area (Å²) in [6, 6.07) is 20.5. The Labute approximate surface area is 300 Å². The van der Waals surface area contributed by atoms with E-state index in [4.69, 9.17) is 0 Å². The van der Waals surface area contributed by atoms with Crippen LogP contribution in [0.3, 0.4) is 0 Å². The Morgan fingerprint density at radius 3 is 1.22 bits per heavy atom. The van der Waals surface area contributed by atoms with Gasteiger partial charge in [-0.05, 0) is 168 Å². The minimum Gasteiger partial charge on any atom is -0.508 e. The molecule has 4 bridgehead atoms. The van der Waals surface area contributed by atoms with Crippen LogP contribution in [0, 0.1) is 11.8 Å². The zero-order valence-corrected chi connectivity index (χ0v) is 30.6. The standard InChI is InChI=1S/C47H60O3/c1-31-46(37-18-21-43(49)40(24-37)34-13-7-3-8-14-34)27-32-26-45(29-46,36-17-20-42(48)39(23-36)33-11-5-2-6-12-33)30-47(31,28-32)38-19-22-44(50)41(25-38)35-15-9-4-10-16-35/h17-25,31-35,48-50H,2-16,26-30H2,1H3. The fourth-order valence-corrected chi connectivity index (χ4v) is 13.6. The second-order valence-electron chi connectivity index (χ2n) is 18.5. The summed E-state index contributed by atoms with van der Waals surface area (Å²) < 4.78 is 0. The summed E-state index contributed by atoms with van der Waals surface area (Å²) in [4.78, 5) is 0.